The molecule has 0 aromatic heterocycles. The van der Waals surface area contributed by atoms with Crippen LogP contribution in [0.3, 0.4) is 0 Å². The molecule has 2 amide bonds. The largest absolute Gasteiger partial charge is 0.393 e. The van der Waals surface area contributed by atoms with Gasteiger partial charge in [0.1, 0.15) is 5.70 Å². The molecule has 37 heavy (non-hydrogen) atoms. The molecule has 3 unspecified atom stereocenters. The van der Waals surface area contributed by atoms with Crippen molar-refractivity contribution in [3.63, 3.8) is 0 Å². The Morgan fingerprint density at radius 2 is 1.78 bits per heavy atom. The van der Waals surface area contributed by atoms with E-state index in [0.717, 1.165) is 17.4 Å². The Morgan fingerprint density at radius 3 is 2.35 bits per heavy atom. The fraction of sp³-hybridized carbons (Fsp3) is 0.630. The topological polar surface area (TPSA) is 117 Å². The third-order valence-electron chi connectivity index (χ3n) is 6.71. The maximum atomic E-state index is 13.7. The molecule has 1 aliphatic rings. The molecule has 9 nitrogen and oxygen atoms in total. The van der Waals surface area contributed by atoms with Crippen LogP contribution in [-0.2, 0) is 14.3 Å². The second kappa shape index (κ2) is 15.3. The van der Waals surface area contributed by atoms with Crippen molar-refractivity contribution in [1.29, 1.82) is 0 Å². The molecule has 1 saturated heterocycles. The zero-order valence-electron chi connectivity index (χ0n) is 23.2. The average molecular weight is 535 g/mol. The molecule has 3 atom stereocenters. The van der Waals surface area contributed by atoms with Crippen LogP contribution in [0.2, 0.25) is 0 Å². The first kappa shape index (κ1) is 31.0. The molecular formula is C27H47N6O3P. The molecule has 2 rings (SSSR count). The number of hydrazine groups is 1. The lowest BCUT2D eigenvalue weighted by Gasteiger charge is -2.33. The Hall–Kier alpha value is -2.19. The van der Waals surface area contributed by atoms with Crippen molar-refractivity contribution in [2.24, 2.45) is 23.4 Å². The van der Waals surface area contributed by atoms with Crippen molar-refractivity contribution >= 4 is 32.0 Å². The van der Waals surface area contributed by atoms with Crippen LogP contribution in [0.25, 0.3) is 0 Å². The number of benzene rings is 1. The normalized spacial score (nSPS) is 16.3. The van der Waals surface area contributed by atoms with Gasteiger partial charge in [-0.15, -0.1) is 9.24 Å². The van der Waals surface area contributed by atoms with Gasteiger partial charge < -0.3 is 25.6 Å². The van der Waals surface area contributed by atoms with Gasteiger partial charge in [0.2, 0.25) is 5.91 Å². The van der Waals surface area contributed by atoms with E-state index in [1.54, 1.807) is 0 Å². The van der Waals surface area contributed by atoms with Crippen molar-refractivity contribution in [1.82, 2.24) is 15.1 Å². The summed E-state index contributed by atoms with van der Waals surface area (Å²) in [5, 5.41) is 5.87. The number of nitrogens with two attached hydrogens (primary N) is 2. The Labute approximate surface area is 225 Å². The van der Waals surface area contributed by atoms with Crippen LogP contribution in [0.1, 0.15) is 47.5 Å². The number of nitrogens with one attached hydrogen (secondary N) is 1. The van der Waals surface area contributed by atoms with E-state index in [9.17, 15) is 9.59 Å². The molecule has 0 aliphatic carbocycles. The maximum Gasteiger partial charge on any atom is 0.271 e. The van der Waals surface area contributed by atoms with Crippen molar-refractivity contribution in [2.45, 2.75) is 53.5 Å². The number of amides is 2. The van der Waals surface area contributed by atoms with E-state index in [0.29, 0.717) is 58.1 Å². The monoisotopic (exact) mass is 534 g/mol. The van der Waals surface area contributed by atoms with E-state index >= 15 is 0 Å². The fourth-order valence-electron chi connectivity index (χ4n) is 4.50. The van der Waals surface area contributed by atoms with Crippen molar-refractivity contribution < 1.29 is 14.3 Å². The van der Waals surface area contributed by atoms with Gasteiger partial charge in [-0.25, -0.2) is 5.84 Å². The minimum atomic E-state index is -0.229. The first-order valence-electron chi connectivity index (χ1n) is 13.4. The van der Waals surface area contributed by atoms with Gasteiger partial charge in [-0.3, -0.25) is 14.6 Å². The van der Waals surface area contributed by atoms with Gasteiger partial charge in [0.05, 0.1) is 30.5 Å². The molecule has 5 N–H and O–H groups in total. The lowest BCUT2D eigenvalue weighted by atomic mass is 10.0. The lowest BCUT2D eigenvalue weighted by molar-refractivity contribution is -0.139. The summed E-state index contributed by atoms with van der Waals surface area (Å²) in [6.07, 6.45) is 1.27. The van der Waals surface area contributed by atoms with Crippen LogP contribution in [0.15, 0.2) is 35.7 Å². The summed E-state index contributed by atoms with van der Waals surface area (Å²) in [6.45, 7) is 14.3. The number of para-hydroxylation sites is 1. The minimum Gasteiger partial charge on any atom is -0.393 e. The zero-order chi connectivity index (χ0) is 27.5. The van der Waals surface area contributed by atoms with Gasteiger partial charge >= 0.3 is 0 Å². The summed E-state index contributed by atoms with van der Waals surface area (Å²) in [5.41, 5.74) is 7.99. The van der Waals surface area contributed by atoms with Crippen molar-refractivity contribution in [3.8, 4) is 0 Å². The highest BCUT2D eigenvalue weighted by Crippen LogP contribution is 2.20. The molecule has 0 spiro atoms. The SMILES string of the molecule is CC/C(=C(/N)C(=O)N(CC(C)C)C(C)CNCC(CC)C(=O)N1CCOCC1)N(N)c1ccccc1P. The van der Waals surface area contributed by atoms with Gasteiger partial charge in [0, 0.05) is 38.8 Å². The zero-order valence-corrected chi connectivity index (χ0v) is 24.4. The molecule has 1 heterocycles. The molecule has 1 aromatic rings. The first-order valence-corrected chi connectivity index (χ1v) is 14.0. The van der Waals surface area contributed by atoms with E-state index in [2.05, 4.69) is 28.4 Å². The molecular weight excluding hydrogens is 487 g/mol. The van der Waals surface area contributed by atoms with Gasteiger partial charge in [0.15, 0.2) is 0 Å². The molecule has 0 radical (unpaired) electrons. The minimum absolute atomic E-state index is 0.103. The molecule has 1 aliphatic heterocycles. The van der Waals surface area contributed by atoms with Crippen molar-refractivity contribution in [3.05, 3.63) is 35.7 Å². The summed E-state index contributed by atoms with van der Waals surface area (Å²) in [5.74, 6) is 6.54. The Bertz CT molecular complexity index is 919. The summed E-state index contributed by atoms with van der Waals surface area (Å²) in [7, 11) is 2.67. The highest BCUT2D eigenvalue weighted by atomic mass is 31.0. The smallest absolute Gasteiger partial charge is 0.271 e. The number of carbonyl (C=O) groups is 2. The van der Waals surface area contributed by atoms with E-state index in [1.165, 1.54) is 5.01 Å². The van der Waals surface area contributed by atoms with Gasteiger partial charge in [0.25, 0.3) is 5.91 Å². The molecule has 0 bridgehead atoms. The van der Waals surface area contributed by atoms with Gasteiger partial charge in [-0.05, 0) is 37.1 Å². The Kier molecular flexibility index (Phi) is 12.8. The summed E-state index contributed by atoms with van der Waals surface area (Å²) in [6, 6.07) is 7.55. The summed E-state index contributed by atoms with van der Waals surface area (Å²) in [4.78, 5) is 30.3. The number of ether oxygens (including phenoxy) is 1. The number of nitrogens with zero attached hydrogens (tertiary/aromatic N) is 3. The highest BCUT2D eigenvalue weighted by Gasteiger charge is 2.28. The van der Waals surface area contributed by atoms with Crippen LogP contribution >= 0.6 is 9.24 Å². The second-order valence-electron chi connectivity index (χ2n) is 10.0. The predicted octanol–water partition coefficient (Wildman–Crippen LogP) is 1.80. The summed E-state index contributed by atoms with van der Waals surface area (Å²) >= 11 is 0. The molecule has 0 saturated carbocycles. The fourth-order valence-corrected chi connectivity index (χ4v) is 4.85. The molecule has 208 valence electrons. The van der Waals surface area contributed by atoms with Crippen LogP contribution in [0, 0.1) is 11.8 Å². The number of rotatable bonds is 13. The lowest BCUT2D eigenvalue weighted by Crippen LogP contribution is -2.50. The van der Waals surface area contributed by atoms with E-state index in [-0.39, 0.29) is 35.4 Å². The highest BCUT2D eigenvalue weighted by molar-refractivity contribution is 7.28. The van der Waals surface area contributed by atoms with E-state index < -0.39 is 0 Å². The number of hydrogen-bond acceptors (Lipinski definition) is 7. The van der Waals surface area contributed by atoms with Gasteiger partial charge in [-0.1, -0.05) is 45.9 Å². The average Bonchev–Trinajstić information content (AvgIpc) is 2.89. The van der Waals surface area contributed by atoms with Gasteiger partial charge in [-0.2, -0.15) is 0 Å². The Morgan fingerprint density at radius 1 is 1.14 bits per heavy atom. The van der Waals surface area contributed by atoms with E-state index in [4.69, 9.17) is 16.3 Å². The number of anilines is 1. The number of hydrogen-bond donors (Lipinski definition) is 3. The first-order chi connectivity index (χ1) is 17.6. The standard InChI is InChI=1S/C27H47N6O3P/c1-6-21(26(34)31-12-14-36-15-13-31)17-30-16-20(5)32(18-19(3)4)27(35)25(28)22(7-2)33(29)23-10-8-9-11-24(23)37/h8-11,19-21,30H,6-7,12-18,28-29,37H2,1-5H3/b25-22-. The van der Waals surface area contributed by atoms with Crippen LogP contribution in [0.4, 0.5) is 5.69 Å². The summed E-state index contributed by atoms with van der Waals surface area (Å²) < 4.78 is 5.37. The van der Waals surface area contributed by atoms with E-state index in [1.807, 2.05) is 54.8 Å². The van der Waals surface area contributed by atoms with Crippen LogP contribution < -0.4 is 27.2 Å². The number of allylic oxidation sites excluding steroid dienone is 1. The van der Waals surface area contributed by atoms with Crippen LogP contribution in [-0.4, -0.2) is 73.6 Å². The molecule has 1 aromatic carbocycles. The third kappa shape index (κ3) is 8.67. The number of morpholine rings is 1. The maximum absolute atomic E-state index is 13.7. The quantitative estimate of drug-likeness (QED) is 0.153. The number of carbonyl (C=O) groups excluding carboxylic acids is 2. The third-order valence-corrected chi connectivity index (χ3v) is 7.20. The predicted molar refractivity (Wildman–Crippen MR) is 154 cm³/mol. The Balaban J connectivity index is 2.12. The van der Waals surface area contributed by atoms with Crippen molar-refractivity contribution in [2.75, 3.05) is 50.9 Å². The molecule has 10 heteroatoms. The second-order valence-corrected chi connectivity index (χ2v) is 10.7. The van der Waals surface area contributed by atoms with Crippen LogP contribution in [0.5, 0.6) is 0 Å². The molecule has 1 fully saturated rings.